The molecule has 2 heterocycles. The average molecular weight is 356 g/mol. The number of ketones is 1. The standard InChI is InChI=1S/C18H11ClFN3O2/c19-12-4-1-3-11(7-12)15(24)9-22-16-8-21-10-23(16)14-6-2-5-13(20)17(14)18(22)25/h1-8,10H,9H2. The molecule has 2 aromatic heterocycles. The van der Waals surface area contributed by atoms with Crippen LogP contribution >= 0.6 is 11.6 Å². The Balaban J connectivity index is 1.93. The normalized spacial score (nSPS) is 11.3. The second-order valence-electron chi connectivity index (χ2n) is 5.58. The molecule has 0 saturated carbocycles. The Morgan fingerprint density at radius 2 is 2.00 bits per heavy atom. The van der Waals surface area contributed by atoms with Gasteiger partial charge < -0.3 is 0 Å². The second-order valence-corrected chi connectivity index (χ2v) is 6.02. The fourth-order valence-corrected chi connectivity index (χ4v) is 3.08. The van der Waals surface area contributed by atoms with E-state index in [-0.39, 0.29) is 17.7 Å². The molecule has 124 valence electrons. The molecule has 0 aliphatic rings. The Bertz CT molecular complexity index is 1200. The van der Waals surface area contributed by atoms with Crippen molar-refractivity contribution < 1.29 is 9.18 Å². The minimum Gasteiger partial charge on any atom is -0.292 e. The van der Waals surface area contributed by atoms with Crippen molar-refractivity contribution >= 4 is 33.9 Å². The number of benzene rings is 2. The first-order chi connectivity index (χ1) is 12.1. The van der Waals surface area contributed by atoms with Gasteiger partial charge in [0, 0.05) is 10.6 Å². The summed E-state index contributed by atoms with van der Waals surface area (Å²) in [6.45, 7) is -0.237. The van der Waals surface area contributed by atoms with Crippen molar-refractivity contribution in [3.05, 3.63) is 81.7 Å². The van der Waals surface area contributed by atoms with Gasteiger partial charge in [-0.1, -0.05) is 29.8 Å². The maximum atomic E-state index is 14.2. The predicted molar refractivity (Wildman–Crippen MR) is 92.7 cm³/mol. The Morgan fingerprint density at radius 1 is 1.20 bits per heavy atom. The molecular formula is C18H11ClFN3O2. The first-order valence-electron chi connectivity index (χ1n) is 7.48. The summed E-state index contributed by atoms with van der Waals surface area (Å²) in [5, 5.41) is 0.351. The summed E-state index contributed by atoms with van der Waals surface area (Å²) in [4.78, 5) is 29.4. The average Bonchev–Trinajstić information content (AvgIpc) is 3.08. The molecule has 0 saturated heterocycles. The molecule has 0 unspecified atom stereocenters. The lowest BCUT2D eigenvalue weighted by molar-refractivity contribution is 0.0972. The van der Waals surface area contributed by atoms with Crippen molar-refractivity contribution in [1.82, 2.24) is 14.0 Å². The van der Waals surface area contributed by atoms with Crippen molar-refractivity contribution in [3.8, 4) is 0 Å². The lowest BCUT2D eigenvalue weighted by Gasteiger charge is -2.11. The first-order valence-corrected chi connectivity index (χ1v) is 7.86. The molecule has 7 heteroatoms. The van der Waals surface area contributed by atoms with Gasteiger partial charge in [-0.05, 0) is 24.3 Å². The monoisotopic (exact) mass is 355 g/mol. The van der Waals surface area contributed by atoms with Gasteiger partial charge in [0.2, 0.25) is 0 Å². The Kier molecular flexibility index (Phi) is 3.62. The van der Waals surface area contributed by atoms with Gasteiger partial charge in [-0.3, -0.25) is 18.6 Å². The van der Waals surface area contributed by atoms with Crippen LogP contribution < -0.4 is 5.56 Å². The maximum absolute atomic E-state index is 14.2. The number of Topliss-reactive ketones (excluding diaryl/α,β-unsaturated/α-hetero) is 1. The summed E-state index contributed by atoms with van der Waals surface area (Å²) < 4.78 is 17.0. The number of fused-ring (bicyclic) bond motifs is 3. The Morgan fingerprint density at radius 3 is 2.80 bits per heavy atom. The molecule has 2 aromatic carbocycles. The molecule has 0 bridgehead atoms. The highest BCUT2D eigenvalue weighted by atomic mass is 35.5. The number of rotatable bonds is 3. The molecule has 0 radical (unpaired) electrons. The molecular weight excluding hydrogens is 345 g/mol. The fraction of sp³-hybridized carbons (Fsp3) is 0.0556. The number of hydrogen-bond acceptors (Lipinski definition) is 3. The lowest BCUT2D eigenvalue weighted by Crippen LogP contribution is -2.27. The van der Waals surface area contributed by atoms with E-state index in [0.29, 0.717) is 21.7 Å². The van der Waals surface area contributed by atoms with Crippen LogP contribution in [0.3, 0.4) is 0 Å². The molecule has 25 heavy (non-hydrogen) atoms. The minimum absolute atomic E-state index is 0.0769. The third kappa shape index (κ3) is 2.51. The van der Waals surface area contributed by atoms with E-state index in [1.165, 1.54) is 35.3 Å². The van der Waals surface area contributed by atoms with Gasteiger partial charge in [0.25, 0.3) is 5.56 Å². The van der Waals surface area contributed by atoms with Crippen LogP contribution in [0.2, 0.25) is 5.02 Å². The van der Waals surface area contributed by atoms with Crippen molar-refractivity contribution in [3.63, 3.8) is 0 Å². The van der Waals surface area contributed by atoms with Gasteiger partial charge in [-0.25, -0.2) is 9.37 Å². The van der Waals surface area contributed by atoms with Crippen LogP contribution in [0.25, 0.3) is 16.6 Å². The summed E-state index contributed by atoms with van der Waals surface area (Å²) in [5.74, 6) is -0.939. The molecule has 0 spiro atoms. The van der Waals surface area contributed by atoms with Gasteiger partial charge in [0.1, 0.15) is 17.8 Å². The largest absolute Gasteiger partial charge is 0.292 e. The maximum Gasteiger partial charge on any atom is 0.264 e. The Labute approximate surface area is 145 Å². The second kappa shape index (κ2) is 5.82. The van der Waals surface area contributed by atoms with E-state index in [9.17, 15) is 14.0 Å². The highest BCUT2D eigenvalue weighted by Crippen LogP contribution is 2.17. The number of hydrogen-bond donors (Lipinski definition) is 0. The van der Waals surface area contributed by atoms with E-state index in [1.54, 1.807) is 28.7 Å². The van der Waals surface area contributed by atoms with Crippen LogP contribution in [-0.2, 0) is 6.54 Å². The Hall–Kier alpha value is -2.99. The summed E-state index contributed by atoms with van der Waals surface area (Å²) in [5.41, 5.74) is 0.629. The predicted octanol–water partition coefficient (Wildman–Crippen LogP) is 3.32. The molecule has 0 aliphatic carbocycles. The van der Waals surface area contributed by atoms with E-state index in [0.717, 1.165) is 0 Å². The number of imidazole rings is 1. The zero-order chi connectivity index (χ0) is 17.6. The summed E-state index contributed by atoms with van der Waals surface area (Å²) >= 11 is 5.92. The minimum atomic E-state index is -0.637. The number of carbonyl (C=O) groups excluding carboxylic acids is 1. The quantitative estimate of drug-likeness (QED) is 0.530. The molecule has 4 aromatic rings. The summed E-state index contributed by atoms with van der Waals surface area (Å²) in [7, 11) is 0. The highest BCUT2D eigenvalue weighted by Gasteiger charge is 2.17. The van der Waals surface area contributed by atoms with E-state index in [4.69, 9.17) is 11.6 Å². The van der Waals surface area contributed by atoms with Crippen LogP contribution in [0, 0.1) is 5.82 Å². The van der Waals surface area contributed by atoms with Gasteiger partial charge in [0.05, 0.1) is 23.6 Å². The van der Waals surface area contributed by atoms with Crippen LogP contribution in [0.4, 0.5) is 4.39 Å². The topological polar surface area (TPSA) is 56.4 Å². The molecule has 0 atom stereocenters. The van der Waals surface area contributed by atoms with E-state index in [1.807, 2.05) is 0 Å². The molecule has 0 amide bonds. The number of halogens is 2. The number of nitrogens with zero attached hydrogens (tertiary/aromatic N) is 3. The van der Waals surface area contributed by atoms with Crippen molar-refractivity contribution in [2.75, 3.05) is 0 Å². The van der Waals surface area contributed by atoms with Gasteiger partial charge >= 0.3 is 0 Å². The molecule has 0 N–H and O–H groups in total. The summed E-state index contributed by atoms with van der Waals surface area (Å²) in [6, 6.07) is 10.8. The summed E-state index contributed by atoms with van der Waals surface area (Å²) in [6.07, 6.45) is 2.95. The van der Waals surface area contributed by atoms with E-state index >= 15 is 0 Å². The molecule has 0 aliphatic heterocycles. The molecule has 5 nitrogen and oxygen atoms in total. The van der Waals surface area contributed by atoms with Crippen molar-refractivity contribution in [2.45, 2.75) is 6.54 Å². The van der Waals surface area contributed by atoms with Crippen LogP contribution in [0.5, 0.6) is 0 Å². The molecule has 4 rings (SSSR count). The van der Waals surface area contributed by atoms with Gasteiger partial charge in [-0.2, -0.15) is 0 Å². The smallest absolute Gasteiger partial charge is 0.264 e. The number of aromatic nitrogens is 3. The van der Waals surface area contributed by atoms with Crippen LogP contribution in [-0.4, -0.2) is 19.7 Å². The third-order valence-corrected chi connectivity index (χ3v) is 4.29. The van der Waals surface area contributed by atoms with Gasteiger partial charge in [0.15, 0.2) is 5.78 Å². The zero-order valence-electron chi connectivity index (χ0n) is 12.8. The highest BCUT2D eigenvalue weighted by molar-refractivity contribution is 6.31. The van der Waals surface area contributed by atoms with Gasteiger partial charge in [-0.15, -0.1) is 0 Å². The van der Waals surface area contributed by atoms with E-state index in [2.05, 4.69) is 4.98 Å². The molecule has 0 fully saturated rings. The van der Waals surface area contributed by atoms with E-state index < -0.39 is 11.4 Å². The van der Waals surface area contributed by atoms with Crippen molar-refractivity contribution in [1.29, 1.82) is 0 Å². The lowest BCUT2D eigenvalue weighted by atomic mass is 10.1. The number of carbonyl (C=O) groups is 1. The first kappa shape index (κ1) is 15.5. The zero-order valence-corrected chi connectivity index (χ0v) is 13.6. The van der Waals surface area contributed by atoms with Crippen molar-refractivity contribution in [2.24, 2.45) is 0 Å². The van der Waals surface area contributed by atoms with Crippen LogP contribution in [0.15, 0.2) is 59.8 Å². The fourth-order valence-electron chi connectivity index (χ4n) is 2.89. The SMILES string of the molecule is O=C(Cn1c(=O)c2c(F)cccc2n2cncc12)c1cccc(Cl)c1. The van der Waals surface area contributed by atoms with Crippen LogP contribution in [0.1, 0.15) is 10.4 Å². The third-order valence-electron chi connectivity index (χ3n) is 4.05.